The van der Waals surface area contributed by atoms with Crippen molar-refractivity contribution in [3.8, 4) is 11.3 Å². The van der Waals surface area contributed by atoms with Crippen LogP contribution in [-0.4, -0.2) is 22.4 Å². The van der Waals surface area contributed by atoms with Crippen molar-refractivity contribution < 1.29 is 13.9 Å². The SMILES string of the molecule is CCOC(=O)c1cc(-c2ccc(F)cc2)nn1Cc1cc(Cl)ccc1Cl. The number of nitrogens with zero attached hydrogens (tertiary/aromatic N) is 2. The van der Waals surface area contributed by atoms with Crippen LogP contribution in [0.5, 0.6) is 0 Å². The number of halogens is 3. The third kappa shape index (κ3) is 4.06. The largest absolute Gasteiger partial charge is 0.461 e. The van der Waals surface area contributed by atoms with Crippen LogP contribution >= 0.6 is 23.2 Å². The van der Waals surface area contributed by atoms with Crippen molar-refractivity contribution in [1.82, 2.24) is 9.78 Å². The van der Waals surface area contributed by atoms with Gasteiger partial charge in [0.05, 0.1) is 18.8 Å². The van der Waals surface area contributed by atoms with E-state index in [1.807, 2.05) is 0 Å². The Labute approximate surface area is 160 Å². The molecule has 0 fully saturated rings. The molecule has 1 heterocycles. The third-order valence-corrected chi connectivity index (χ3v) is 4.34. The van der Waals surface area contributed by atoms with Crippen LogP contribution in [-0.2, 0) is 11.3 Å². The molecule has 7 heteroatoms. The quantitative estimate of drug-likeness (QED) is 0.559. The van der Waals surface area contributed by atoms with E-state index < -0.39 is 5.97 Å². The maximum Gasteiger partial charge on any atom is 0.356 e. The average molecular weight is 393 g/mol. The molecule has 0 amide bonds. The highest BCUT2D eigenvalue weighted by molar-refractivity contribution is 6.33. The van der Waals surface area contributed by atoms with Gasteiger partial charge in [-0.25, -0.2) is 9.18 Å². The van der Waals surface area contributed by atoms with Gasteiger partial charge in [0.1, 0.15) is 11.5 Å². The molecular formula is C19H15Cl2FN2O2. The van der Waals surface area contributed by atoms with Gasteiger partial charge in [-0.3, -0.25) is 4.68 Å². The third-order valence-electron chi connectivity index (χ3n) is 3.73. The van der Waals surface area contributed by atoms with Gasteiger partial charge in [0, 0.05) is 15.6 Å². The summed E-state index contributed by atoms with van der Waals surface area (Å²) in [5, 5.41) is 5.52. The van der Waals surface area contributed by atoms with Crippen LogP contribution in [0.15, 0.2) is 48.5 Å². The Morgan fingerprint density at radius 1 is 1.15 bits per heavy atom. The number of carbonyl (C=O) groups excluding carboxylic acids is 1. The summed E-state index contributed by atoms with van der Waals surface area (Å²) >= 11 is 12.3. The maximum atomic E-state index is 13.2. The van der Waals surface area contributed by atoms with Gasteiger partial charge in [0.2, 0.25) is 0 Å². The molecule has 0 atom stereocenters. The van der Waals surface area contributed by atoms with E-state index in [0.717, 1.165) is 5.56 Å². The van der Waals surface area contributed by atoms with Gasteiger partial charge in [0.25, 0.3) is 0 Å². The number of ether oxygens (including phenoxy) is 1. The van der Waals surface area contributed by atoms with E-state index in [-0.39, 0.29) is 24.7 Å². The number of rotatable bonds is 5. The Morgan fingerprint density at radius 3 is 2.58 bits per heavy atom. The van der Waals surface area contributed by atoms with Gasteiger partial charge in [-0.05, 0) is 61.0 Å². The van der Waals surface area contributed by atoms with Crippen LogP contribution in [0.3, 0.4) is 0 Å². The standard InChI is InChI=1S/C19H15Cl2FN2O2/c1-2-26-19(25)18-10-17(12-3-6-15(22)7-4-12)23-24(18)11-13-9-14(20)5-8-16(13)21/h3-10H,2,11H2,1H3. The van der Waals surface area contributed by atoms with Crippen LogP contribution in [0, 0.1) is 5.82 Å². The van der Waals surface area contributed by atoms with Crippen molar-refractivity contribution in [2.45, 2.75) is 13.5 Å². The molecule has 0 N–H and O–H groups in total. The number of aromatic nitrogens is 2. The Balaban J connectivity index is 2.02. The van der Waals surface area contributed by atoms with Crippen molar-refractivity contribution in [2.24, 2.45) is 0 Å². The summed E-state index contributed by atoms with van der Waals surface area (Å²) in [7, 11) is 0. The molecule has 3 aromatic rings. The highest BCUT2D eigenvalue weighted by atomic mass is 35.5. The molecule has 0 unspecified atom stereocenters. The normalized spacial score (nSPS) is 10.8. The fourth-order valence-electron chi connectivity index (χ4n) is 2.49. The molecule has 0 aliphatic heterocycles. The lowest BCUT2D eigenvalue weighted by Crippen LogP contribution is -2.14. The van der Waals surface area contributed by atoms with Crippen LogP contribution in [0.25, 0.3) is 11.3 Å². The molecule has 26 heavy (non-hydrogen) atoms. The molecule has 1 aromatic heterocycles. The molecule has 0 aliphatic carbocycles. The average Bonchev–Trinajstić information content (AvgIpc) is 3.03. The summed E-state index contributed by atoms with van der Waals surface area (Å²) < 4.78 is 19.8. The lowest BCUT2D eigenvalue weighted by atomic mass is 10.1. The summed E-state index contributed by atoms with van der Waals surface area (Å²) in [6, 6.07) is 12.6. The van der Waals surface area contributed by atoms with Gasteiger partial charge in [-0.1, -0.05) is 23.2 Å². The summed E-state index contributed by atoms with van der Waals surface area (Å²) in [5.41, 5.74) is 2.22. The van der Waals surface area contributed by atoms with E-state index in [4.69, 9.17) is 27.9 Å². The molecule has 0 saturated heterocycles. The van der Waals surface area contributed by atoms with E-state index in [1.54, 1.807) is 43.3 Å². The van der Waals surface area contributed by atoms with Crippen molar-refractivity contribution in [3.05, 3.63) is 75.7 Å². The smallest absolute Gasteiger partial charge is 0.356 e. The molecule has 0 radical (unpaired) electrons. The zero-order chi connectivity index (χ0) is 18.7. The monoisotopic (exact) mass is 392 g/mol. The van der Waals surface area contributed by atoms with Gasteiger partial charge < -0.3 is 4.74 Å². The minimum Gasteiger partial charge on any atom is -0.461 e. The van der Waals surface area contributed by atoms with Crippen LogP contribution < -0.4 is 0 Å². The van der Waals surface area contributed by atoms with Gasteiger partial charge in [-0.2, -0.15) is 5.10 Å². The molecule has 134 valence electrons. The lowest BCUT2D eigenvalue weighted by molar-refractivity contribution is 0.0512. The zero-order valence-electron chi connectivity index (χ0n) is 13.9. The first-order valence-corrected chi connectivity index (χ1v) is 8.68. The molecule has 0 spiro atoms. The number of benzene rings is 2. The summed E-state index contributed by atoms with van der Waals surface area (Å²) in [6.45, 7) is 2.22. The van der Waals surface area contributed by atoms with E-state index >= 15 is 0 Å². The molecule has 0 bridgehead atoms. The molecular weight excluding hydrogens is 378 g/mol. The van der Waals surface area contributed by atoms with Crippen molar-refractivity contribution >= 4 is 29.2 Å². The Kier molecular flexibility index (Phi) is 5.59. The predicted octanol–water partition coefficient (Wildman–Crippen LogP) is 5.22. The topological polar surface area (TPSA) is 44.1 Å². The first kappa shape index (κ1) is 18.4. The Hall–Kier alpha value is -2.37. The van der Waals surface area contributed by atoms with Crippen LogP contribution in [0.1, 0.15) is 23.0 Å². The van der Waals surface area contributed by atoms with Crippen molar-refractivity contribution in [2.75, 3.05) is 6.61 Å². The first-order valence-electron chi connectivity index (χ1n) is 7.92. The van der Waals surface area contributed by atoms with E-state index in [2.05, 4.69) is 5.10 Å². The van der Waals surface area contributed by atoms with E-state index in [1.165, 1.54) is 16.8 Å². The van der Waals surface area contributed by atoms with Crippen molar-refractivity contribution in [1.29, 1.82) is 0 Å². The highest BCUT2D eigenvalue weighted by Gasteiger charge is 2.18. The summed E-state index contributed by atoms with van der Waals surface area (Å²) in [6.07, 6.45) is 0. The highest BCUT2D eigenvalue weighted by Crippen LogP contribution is 2.24. The first-order chi connectivity index (χ1) is 12.5. The fraction of sp³-hybridized carbons (Fsp3) is 0.158. The van der Waals surface area contributed by atoms with E-state index in [0.29, 0.717) is 21.3 Å². The Morgan fingerprint density at radius 2 is 1.88 bits per heavy atom. The zero-order valence-corrected chi connectivity index (χ0v) is 15.4. The summed E-state index contributed by atoms with van der Waals surface area (Å²) in [5.74, 6) is -0.837. The van der Waals surface area contributed by atoms with Gasteiger partial charge in [0.15, 0.2) is 0 Å². The Bertz CT molecular complexity index is 939. The fourth-order valence-corrected chi connectivity index (χ4v) is 2.87. The lowest BCUT2D eigenvalue weighted by Gasteiger charge is -2.09. The summed E-state index contributed by atoms with van der Waals surface area (Å²) in [4.78, 5) is 12.3. The number of esters is 1. The van der Waals surface area contributed by atoms with Crippen molar-refractivity contribution in [3.63, 3.8) is 0 Å². The maximum absolute atomic E-state index is 13.2. The van der Waals surface area contributed by atoms with E-state index in [9.17, 15) is 9.18 Å². The van der Waals surface area contributed by atoms with Gasteiger partial charge >= 0.3 is 5.97 Å². The molecule has 2 aromatic carbocycles. The van der Waals surface area contributed by atoms with Crippen LogP contribution in [0.2, 0.25) is 10.0 Å². The number of hydrogen-bond donors (Lipinski definition) is 0. The molecule has 3 rings (SSSR count). The number of hydrogen-bond acceptors (Lipinski definition) is 3. The van der Waals surface area contributed by atoms with Crippen LogP contribution in [0.4, 0.5) is 4.39 Å². The minimum absolute atomic E-state index is 0.244. The second kappa shape index (κ2) is 7.89. The predicted molar refractivity (Wildman–Crippen MR) is 99.1 cm³/mol. The minimum atomic E-state index is -0.494. The molecule has 0 aliphatic rings. The molecule has 0 saturated carbocycles. The number of carbonyl (C=O) groups is 1. The van der Waals surface area contributed by atoms with Gasteiger partial charge in [-0.15, -0.1) is 0 Å². The second-order valence-electron chi connectivity index (χ2n) is 5.54. The second-order valence-corrected chi connectivity index (χ2v) is 6.38. The molecule has 4 nitrogen and oxygen atoms in total.